The Hall–Kier alpha value is -3.87. The maximum Gasteiger partial charge on any atom is 0.325 e. The molecule has 2 aromatic carbocycles. The molecule has 0 aliphatic rings. The number of nitrogens with zero attached hydrogens (tertiary/aromatic N) is 2. The Labute approximate surface area is 160 Å². The summed E-state index contributed by atoms with van der Waals surface area (Å²) in [7, 11) is 0. The third-order valence-electron chi connectivity index (χ3n) is 4.09. The molecule has 1 aromatic heterocycles. The van der Waals surface area contributed by atoms with Crippen molar-refractivity contribution in [3.05, 3.63) is 104 Å². The van der Waals surface area contributed by atoms with Gasteiger partial charge in [-0.2, -0.15) is 5.10 Å². The summed E-state index contributed by atoms with van der Waals surface area (Å²) in [6.07, 6.45) is 0. The van der Waals surface area contributed by atoms with Crippen molar-refractivity contribution in [1.82, 2.24) is 9.97 Å². The average Bonchev–Trinajstić information content (AvgIpc) is 2.68. The van der Waals surface area contributed by atoms with Gasteiger partial charge in [0.15, 0.2) is 0 Å². The minimum absolute atomic E-state index is 0.157. The molecule has 0 radical (unpaired) electrons. The lowest BCUT2D eigenvalue weighted by atomic mass is 10.0. The van der Waals surface area contributed by atoms with Gasteiger partial charge in [-0.05, 0) is 13.8 Å². The molecule has 7 heteroatoms. The number of benzene rings is 2. The first-order valence-corrected chi connectivity index (χ1v) is 8.58. The Morgan fingerprint density at radius 2 is 1.39 bits per heavy atom. The monoisotopic (exact) mass is 374 g/mol. The number of aromatic nitrogens is 2. The van der Waals surface area contributed by atoms with Crippen LogP contribution < -0.4 is 11.2 Å². The van der Waals surface area contributed by atoms with Gasteiger partial charge in [-0.15, -0.1) is 5.10 Å². The van der Waals surface area contributed by atoms with E-state index in [0.717, 1.165) is 0 Å². The summed E-state index contributed by atoms with van der Waals surface area (Å²) >= 11 is 0. The molecule has 140 valence electrons. The van der Waals surface area contributed by atoms with Crippen molar-refractivity contribution in [2.75, 3.05) is 0 Å². The molecule has 2 N–H and O–H groups in total. The fraction of sp³-hybridized carbons (Fsp3) is 0.0952. The predicted molar refractivity (Wildman–Crippen MR) is 108 cm³/mol. The van der Waals surface area contributed by atoms with Gasteiger partial charge in [-0.25, -0.2) is 4.79 Å². The highest BCUT2D eigenvalue weighted by Crippen LogP contribution is 2.10. The molecule has 0 amide bonds. The number of aromatic amines is 2. The zero-order valence-electron chi connectivity index (χ0n) is 15.4. The molecule has 0 saturated carbocycles. The van der Waals surface area contributed by atoms with Crippen molar-refractivity contribution in [2.45, 2.75) is 13.8 Å². The molecular formula is C21H18N4O3. The second-order valence-corrected chi connectivity index (χ2v) is 6.10. The average molecular weight is 374 g/mol. The number of hydrogen-bond acceptors (Lipinski definition) is 5. The number of aryl methyl sites for hydroxylation is 1. The molecule has 3 aromatic rings. The van der Waals surface area contributed by atoms with Gasteiger partial charge in [0, 0.05) is 16.8 Å². The third-order valence-corrected chi connectivity index (χ3v) is 4.09. The molecule has 28 heavy (non-hydrogen) atoms. The van der Waals surface area contributed by atoms with Crippen molar-refractivity contribution < 1.29 is 4.79 Å². The molecule has 0 unspecified atom stereocenters. The second-order valence-electron chi connectivity index (χ2n) is 6.10. The van der Waals surface area contributed by atoms with Gasteiger partial charge >= 0.3 is 5.69 Å². The number of rotatable bonds is 5. The smallest absolute Gasteiger partial charge is 0.311 e. The van der Waals surface area contributed by atoms with Crippen LogP contribution in [-0.2, 0) is 0 Å². The number of H-pyrrole nitrogens is 2. The highest BCUT2D eigenvalue weighted by molar-refractivity contribution is 6.51. The third kappa shape index (κ3) is 4.09. The van der Waals surface area contributed by atoms with E-state index < -0.39 is 11.2 Å². The van der Waals surface area contributed by atoms with Crippen LogP contribution in [-0.4, -0.2) is 27.2 Å². The molecule has 0 aliphatic carbocycles. The SMILES string of the molecule is C/C(=N\N=C(\C(=O)c1ccccc1)c1ccccc1)c1c(C)[nH]c(=O)[nH]c1=O. The fourth-order valence-electron chi connectivity index (χ4n) is 2.77. The first-order valence-electron chi connectivity index (χ1n) is 8.58. The molecule has 1 heterocycles. The summed E-state index contributed by atoms with van der Waals surface area (Å²) in [5.74, 6) is -0.282. The van der Waals surface area contributed by atoms with Gasteiger partial charge in [-0.3, -0.25) is 14.6 Å². The molecule has 0 aliphatic heterocycles. The Kier molecular flexibility index (Phi) is 5.55. The lowest BCUT2D eigenvalue weighted by Gasteiger charge is -2.06. The van der Waals surface area contributed by atoms with Gasteiger partial charge in [0.05, 0.1) is 11.3 Å². The summed E-state index contributed by atoms with van der Waals surface area (Å²) in [5.41, 5.74) is 0.967. The maximum atomic E-state index is 13.0. The van der Waals surface area contributed by atoms with Crippen LogP contribution in [0.3, 0.4) is 0 Å². The first-order chi connectivity index (χ1) is 13.5. The summed E-state index contributed by atoms with van der Waals surface area (Å²) < 4.78 is 0. The van der Waals surface area contributed by atoms with Gasteiger partial charge in [0.1, 0.15) is 5.71 Å². The number of carbonyl (C=O) groups excluding carboxylic acids is 1. The quantitative estimate of drug-likeness (QED) is 0.407. The van der Waals surface area contributed by atoms with Crippen molar-refractivity contribution >= 4 is 17.2 Å². The van der Waals surface area contributed by atoms with Crippen LogP contribution in [0.2, 0.25) is 0 Å². The summed E-state index contributed by atoms with van der Waals surface area (Å²) in [4.78, 5) is 41.1. The topological polar surface area (TPSA) is 108 Å². The second kappa shape index (κ2) is 8.22. The van der Waals surface area contributed by atoms with Crippen molar-refractivity contribution in [3.63, 3.8) is 0 Å². The van der Waals surface area contributed by atoms with E-state index in [0.29, 0.717) is 16.8 Å². The van der Waals surface area contributed by atoms with E-state index in [-0.39, 0.29) is 22.8 Å². The van der Waals surface area contributed by atoms with E-state index in [9.17, 15) is 14.4 Å². The van der Waals surface area contributed by atoms with Crippen LogP contribution in [0.4, 0.5) is 0 Å². The lowest BCUT2D eigenvalue weighted by Crippen LogP contribution is -2.29. The van der Waals surface area contributed by atoms with Crippen LogP contribution in [0.1, 0.15) is 34.1 Å². The minimum Gasteiger partial charge on any atom is -0.311 e. The molecule has 0 bridgehead atoms. The van der Waals surface area contributed by atoms with Crippen LogP contribution in [0, 0.1) is 6.92 Å². The van der Waals surface area contributed by atoms with E-state index in [4.69, 9.17) is 0 Å². The number of nitrogens with one attached hydrogen (secondary N) is 2. The summed E-state index contributed by atoms with van der Waals surface area (Å²) in [6.45, 7) is 3.19. The lowest BCUT2D eigenvalue weighted by molar-refractivity contribution is 0.106. The standard InChI is InChI=1S/C21H18N4O3/c1-13-17(20(27)23-21(28)22-13)14(2)24-25-18(15-9-5-3-6-10-15)19(26)16-11-7-4-8-12-16/h3-12H,1-2H3,(H2,22,23,27,28)/b24-14+,25-18+. The molecule has 0 spiro atoms. The van der Waals surface area contributed by atoms with E-state index >= 15 is 0 Å². The normalized spacial score (nSPS) is 12.1. The van der Waals surface area contributed by atoms with Crippen molar-refractivity contribution in [3.8, 4) is 0 Å². The minimum atomic E-state index is -0.591. The number of ketones is 1. The maximum absolute atomic E-state index is 13.0. The van der Waals surface area contributed by atoms with Gasteiger partial charge in [-0.1, -0.05) is 60.7 Å². The molecule has 3 rings (SSSR count). The Morgan fingerprint density at radius 1 is 0.821 bits per heavy atom. The van der Waals surface area contributed by atoms with E-state index in [1.807, 2.05) is 12.1 Å². The Balaban J connectivity index is 2.10. The van der Waals surface area contributed by atoms with E-state index in [1.54, 1.807) is 62.4 Å². The first kappa shape index (κ1) is 18.9. The summed E-state index contributed by atoms with van der Waals surface area (Å²) in [5, 5.41) is 8.27. The Bertz CT molecular complexity index is 1170. The van der Waals surface area contributed by atoms with Gasteiger partial charge < -0.3 is 4.98 Å². The highest BCUT2D eigenvalue weighted by Gasteiger charge is 2.17. The zero-order valence-corrected chi connectivity index (χ0v) is 15.4. The van der Waals surface area contributed by atoms with Crippen molar-refractivity contribution in [2.24, 2.45) is 10.2 Å². The molecule has 0 saturated heterocycles. The number of carbonyl (C=O) groups is 1. The predicted octanol–water partition coefficient (Wildman–Crippen LogP) is 2.47. The van der Waals surface area contributed by atoms with Gasteiger partial charge in [0.2, 0.25) is 5.78 Å². The molecular weight excluding hydrogens is 356 g/mol. The summed E-state index contributed by atoms with van der Waals surface area (Å²) in [6, 6.07) is 17.7. The molecule has 0 atom stereocenters. The van der Waals surface area contributed by atoms with E-state index in [1.165, 1.54) is 0 Å². The van der Waals surface area contributed by atoms with Crippen LogP contribution >= 0.6 is 0 Å². The van der Waals surface area contributed by atoms with Crippen LogP contribution in [0.15, 0.2) is 80.5 Å². The largest absolute Gasteiger partial charge is 0.325 e. The number of hydrogen-bond donors (Lipinski definition) is 2. The molecule has 7 nitrogen and oxygen atoms in total. The molecule has 0 fully saturated rings. The van der Waals surface area contributed by atoms with Crippen LogP contribution in [0.25, 0.3) is 0 Å². The number of Topliss-reactive ketones (excluding diaryl/α,β-unsaturated/α-hetero) is 1. The van der Waals surface area contributed by atoms with Gasteiger partial charge in [0.25, 0.3) is 5.56 Å². The fourth-order valence-corrected chi connectivity index (χ4v) is 2.77. The Morgan fingerprint density at radius 3 is 1.96 bits per heavy atom. The highest BCUT2D eigenvalue weighted by atomic mass is 16.2. The zero-order chi connectivity index (χ0) is 20.1. The van der Waals surface area contributed by atoms with E-state index in [2.05, 4.69) is 20.2 Å². The van der Waals surface area contributed by atoms with Crippen LogP contribution in [0.5, 0.6) is 0 Å². The van der Waals surface area contributed by atoms with Crippen molar-refractivity contribution in [1.29, 1.82) is 0 Å².